The Balaban J connectivity index is 1.66. The molecule has 0 unspecified atom stereocenters. The monoisotopic (exact) mass is 403 g/mol. The van der Waals surface area contributed by atoms with E-state index in [-0.39, 0.29) is 17.7 Å². The van der Waals surface area contributed by atoms with Gasteiger partial charge in [0.25, 0.3) is 0 Å². The van der Waals surface area contributed by atoms with Gasteiger partial charge in [0.1, 0.15) is 17.8 Å². The van der Waals surface area contributed by atoms with E-state index in [1.54, 1.807) is 16.8 Å². The maximum atomic E-state index is 13.2. The molecular formula is C23H21N3O4. The summed E-state index contributed by atoms with van der Waals surface area (Å²) in [6.45, 7) is 1.53. The topological polar surface area (TPSA) is 79.0 Å². The van der Waals surface area contributed by atoms with Gasteiger partial charge in [0.05, 0.1) is 11.1 Å². The van der Waals surface area contributed by atoms with Gasteiger partial charge in [-0.2, -0.15) is 0 Å². The Kier molecular flexibility index (Phi) is 3.28. The molecule has 5 heterocycles. The Morgan fingerprint density at radius 2 is 1.97 bits per heavy atom. The van der Waals surface area contributed by atoms with Gasteiger partial charge in [-0.05, 0) is 29.7 Å². The van der Waals surface area contributed by atoms with Crippen LogP contribution >= 0.6 is 0 Å². The van der Waals surface area contributed by atoms with Crippen molar-refractivity contribution in [2.24, 2.45) is 0 Å². The molecule has 1 N–H and O–H groups in total. The summed E-state index contributed by atoms with van der Waals surface area (Å²) in [6.07, 6.45) is 0.175. The van der Waals surface area contributed by atoms with Crippen molar-refractivity contribution in [2.75, 3.05) is 11.9 Å². The van der Waals surface area contributed by atoms with E-state index in [1.165, 1.54) is 6.92 Å². The highest BCUT2D eigenvalue weighted by Crippen LogP contribution is 2.59. The lowest BCUT2D eigenvalue weighted by atomic mass is 9.70. The van der Waals surface area contributed by atoms with Crippen molar-refractivity contribution >= 4 is 23.4 Å². The van der Waals surface area contributed by atoms with Crippen LogP contribution < -0.4 is 15.0 Å². The van der Waals surface area contributed by atoms with Gasteiger partial charge in [0.2, 0.25) is 17.7 Å². The van der Waals surface area contributed by atoms with E-state index in [2.05, 4.69) is 11.4 Å². The van der Waals surface area contributed by atoms with Crippen LogP contribution in [-0.4, -0.2) is 48.0 Å². The molecule has 30 heavy (non-hydrogen) atoms. The first kappa shape index (κ1) is 17.5. The Bertz CT molecular complexity index is 1150. The molecule has 0 aliphatic carbocycles. The first-order chi connectivity index (χ1) is 14.4. The molecule has 7 nitrogen and oxygen atoms in total. The molecule has 0 radical (unpaired) electrons. The fourth-order valence-electron chi connectivity index (χ4n) is 5.72. The van der Waals surface area contributed by atoms with Crippen molar-refractivity contribution in [1.82, 2.24) is 10.2 Å². The fraction of sp³-hybridized carbons (Fsp3) is 0.348. The van der Waals surface area contributed by atoms with E-state index >= 15 is 0 Å². The van der Waals surface area contributed by atoms with Crippen LogP contribution in [0, 0.1) is 0 Å². The highest BCUT2D eigenvalue weighted by molar-refractivity contribution is 5.99. The number of benzene rings is 2. The number of amides is 3. The van der Waals surface area contributed by atoms with Gasteiger partial charge < -0.3 is 15.0 Å². The second kappa shape index (κ2) is 5.62. The third kappa shape index (κ3) is 1.97. The van der Waals surface area contributed by atoms with Gasteiger partial charge in [0.15, 0.2) is 6.23 Å². The quantitative estimate of drug-likeness (QED) is 0.720. The molecule has 7 rings (SSSR count). The van der Waals surface area contributed by atoms with E-state index in [1.807, 2.05) is 36.4 Å². The molecule has 5 aliphatic heterocycles. The number of ether oxygens (including phenoxy) is 1. The van der Waals surface area contributed by atoms with Crippen LogP contribution in [0.5, 0.6) is 5.75 Å². The van der Waals surface area contributed by atoms with Crippen molar-refractivity contribution in [3.63, 3.8) is 0 Å². The lowest BCUT2D eigenvalue weighted by Crippen LogP contribution is -2.64. The summed E-state index contributed by atoms with van der Waals surface area (Å²) in [4.78, 5) is 42.0. The number of para-hydroxylation sites is 1. The summed E-state index contributed by atoms with van der Waals surface area (Å²) in [5, 5.41) is 2.96. The third-order valence-electron chi connectivity index (χ3n) is 7.09. The highest BCUT2D eigenvalue weighted by atomic mass is 16.5. The number of rotatable bonds is 0. The van der Waals surface area contributed by atoms with E-state index in [9.17, 15) is 14.4 Å². The van der Waals surface area contributed by atoms with E-state index < -0.39 is 23.7 Å². The Morgan fingerprint density at radius 3 is 2.77 bits per heavy atom. The summed E-state index contributed by atoms with van der Waals surface area (Å²) in [5.74, 6) is 0.361. The van der Waals surface area contributed by atoms with Crippen LogP contribution in [0.4, 0.5) is 5.69 Å². The minimum absolute atomic E-state index is 0.106. The predicted molar refractivity (Wildman–Crippen MR) is 108 cm³/mol. The zero-order chi connectivity index (χ0) is 20.8. The number of carbonyl (C=O) groups excluding carboxylic acids is 3. The lowest BCUT2D eigenvalue weighted by molar-refractivity contribution is -0.148. The lowest BCUT2D eigenvalue weighted by Gasteiger charge is -2.41. The molecular weight excluding hydrogens is 382 g/mol. The highest BCUT2D eigenvalue weighted by Gasteiger charge is 2.62. The van der Waals surface area contributed by atoms with Crippen LogP contribution in [0.15, 0.2) is 42.5 Å². The number of hydrogen-bond donors (Lipinski definition) is 1. The average Bonchev–Trinajstić information content (AvgIpc) is 3.18. The maximum absolute atomic E-state index is 13.2. The normalized spacial score (nSPS) is 30.5. The molecule has 1 saturated heterocycles. The second-order valence-electron chi connectivity index (χ2n) is 8.61. The molecule has 1 fully saturated rings. The van der Waals surface area contributed by atoms with Crippen molar-refractivity contribution in [3.05, 3.63) is 59.2 Å². The van der Waals surface area contributed by atoms with Crippen LogP contribution in [-0.2, 0) is 26.2 Å². The van der Waals surface area contributed by atoms with E-state index in [0.29, 0.717) is 12.8 Å². The summed E-state index contributed by atoms with van der Waals surface area (Å²) in [7, 11) is 1.69. The van der Waals surface area contributed by atoms with E-state index in [0.717, 1.165) is 28.1 Å². The standard InChI is InChI=1S/C23H21N3O4/c1-12(27)26-17-6-4-3-5-14(17)23-11-16-21(29)25(2)18(20(28)24-16)10-13-7-8-19(15(23)9-13)30-22(23)26/h3-9,16,18,22H,10-11H2,1-2H3,(H,24,28)/t16-,18-,22-,23+/m0/s1. The van der Waals surface area contributed by atoms with E-state index in [4.69, 9.17) is 4.74 Å². The number of fused-ring (bicyclic) bond motifs is 3. The SMILES string of the molecule is CC(=O)N1c2ccccc2[C@]23C[C@@H]4NC(=O)[C@H](Cc5ccc(c2c5)O[C@H]13)N(C)C4=O. The van der Waals surface area contributed by atoms with Gasteiger partial charge in [0, 0.05) is 26.0 Å². The van der Waals surface area contributed by atoms with Gasteiger partial charge in [-0.3, -0.25) is 19.3 Å². The molecule has 7 heteroatoms. The molecule has 2 aromatic carbocycles. The Hall–Kier alpha value is -3.35. The van der Waals surface area contributed by atoms with Gasteiger partial charge in [-0.1, -0.05) is 30.3 Å². The molecule has 4 atom stereocenters. The van der Waals surface area contributed by atoms with Gasteiger partial charge >= 0.3 is 0 Å². The number of hydrogen-bond acceptors (Lipinski definition) is 4. The number of anilines is 1. The predicted octanol–water partition coefficient (Wildman–Crippen LogP) is 1.33. The van der Waals surface area contributed by atoms with Crippen molar-refractivity contribution in [1.29, 1.82) is 0 Å². The average molecular weight is 403 g/mol. The fourth-order valence-corrected chi connectivity index (χ4v) is 5.72. The number of likely N-dealkylation sites (N-methyl/N-ethyl adjacent to an activating group) is 1. The van der Waals surface area contributed by atoms with Crippen molar-refractivity contribution in [3.8, 4) is 5.75 Å². The Labute approximate surface area is 173 Å². The molecule has 0 saturated carbocycles. The largest absolute Gasteiger partial charge is 0.468 e. The first-order valence-electron chi connectivity index (χ1n) is 10.2. The number of piperazine rings is 1. The van der Waals surface area contributed by atoms with Crippen molar-refractivity contribution in [2.45, 2.75) is 43.5 Å². The van der Waals surface area contributed by atoms with Crippen LogP contribution in [0.1, 0.15) is 30.0 Å². The number of carbonyl (C=O) groups is 3. The van der Waals surface area contributed by atoms with Gasteiger partial charge in [-0.15, -0.1) is 0 Å². The minimum Gasteiger partial charge on any atom is -0.468 e. The molecule has 4 bridgehead atoms. The molecule has 1 spiro atoms. The number of nitrogens with one attached hydrogen (secondary N) is 1. The van der Waals surface area contributed by atoms with Crippen LogP contribution in [0.2, 0.25) is 0 Å². The van der Waals surface area contributed by atoms with Crippen LogP contribution in [0.25, 0.3) is 0 Å². The Morgan fingerprint density at radius 1 is 1.17 bits per heavy atom. The summed E-state index contributed by atoms with van der Waals surface area (Å²) in [6, 6.07) is 12.5. The zero-order valence-electron chi connectivity index (χ0n) is 16.7. The number of nitrogens with zero attached hydrogens (tertiary/aromatic N) is 2. The minimum atomic E-state index is -0.730. The summed E-state index contributed by atoms with van der Waals surface area (Å²) >= 11 is 0. The van der Waals surface area contributed by atoms with Crippen LogP contribution in [0.3, 0.4) is 0 Å². The zero-order valence-corrected chi connectivity index (χ0v) is 16.7. The molecule has 2 aromatic rings. The molecule has 152 valence electrons. The molecule has 0 aromatic heterocycles. The molecule has 5 aliphatic rings. The second-order valence-corrected chi connectivity index (χ2v) is 8.61. The smallest absolute Gasteiger partial charge is 0.245 e. The molecule has 3 amide bonds. The summed E-state index contributed by atoms with van der Waals surface area (Å²) < 4.78 is 6.37. The first-order valence-corrected chi connectivity index (χ1v) is 10.2. The van der Waals surface area contributed by atoms with Gasteiger partial charge in [-0.25, -0.2) is 0 Å². The van der Waals surface area contributed by atoms with Crippen molar-refractivity contribution < 1.29 is 19.1 Å². The third-order valence-corrected chi connectivity index (χ3v) is 7.09. The summed E-state index contributed by atoms with van der Waals surface area (Å²) in [5.41, 5.74) is 2.97. The maximum Gasteiger partial charge on any atom is 0.245 e.